The highest BCUT2D eigenvalue weighted by molar-refractivity contribution is 5.80. The zero-order chi connectivity index (χ0) is 21.1. The van der Waals surface area contributed by atoms with Crippen LogP contribution in [0.25, 0.3) is 16.9 Å². The van der Waals surface area contributed by atoms with E-state index in [0.717, 1.165) is 11.3 Å². The Morgan fingerprint density at radius 3 is 2.50 bits per heavy atom. The van der Waals surface area contributed by atoms with Gasteiger partial charge in [0, 0.05) is 6.20 Å². The van der Waals surface area contributed by atoms with Gasteiger partial charge in [0.25, 0.3) is 0 Å². The third-order valence-corrected chi connectivity index (χ3v) is 5.00. The molecule has 1 N–H and O–H groups in total. The van der Waals surface area contributed by atoms with Crippen LogP contribution in [0.2, 0.25) is 0 Å². The lowest BCUT2D eigenvalue weighted by Gasteiger charge is -2.15. The molecule has 2 aromatic carbocycles. The van der Waals surface area contributed by atoms with E-state index in [1.165, 1.54) is 9.13 Å². The van der Waals surface area contributed by atoms with Crippen LogP contribution in [0.3, 0.4) is 0 Å². The third kappa shape index (κ3) is 3.69. The van der Waals surface area contributed by atoms with Gasteiger partial charge in [-0.05, 0) is 48.9 Å². The molecule has 0 spiro atoms. The second-order valence-electron chi connectivity index (χ2n) is 6.95. The molecule has 0 saturated heterocycles. The number of methoxy groups -OCH3 is 1. The molecule has 4 aromatic rings. The van der Waals surface area contributed by atoms with Crippen LogP contribution in [-0.4, -0.2) is 27.1 Å². The molecule has 0 aliphatic rings. The summed E-state index contributed by atoms with van der Waals surface area (Å²) in [6.07, 6.45) is 1.64. The van der Waals surface area contributed by atoms with Crippen LogP contribution >= 0.6 is 0 Å². The Kier molecular flexibility index (Phi) is 5.34. The summed E-state index contributed by atoms with van der Waals surface area (Å²) in [5.41, 5.74) is 2.48. The molecule has 152 valence electrons. The third-order valence-electron chi connectivity index (χ3n) is 5.00. The summed E-state index contributed by atoms with van der Waals surface area (Å²) < 4.78 is 8.14. The van der Waals surface area contributed by atoms with Crippen molar-refractivity contribution in [2.45, 2.75) is 19.5 Å². The van der Waals surface area contributed by atoms with E-state index < -0.39 is 0 Å². The van der Waals surface area contributed by atoms with Crippen molar-refractivity contribution < 1.29 is 9.53 Å². The largest absolute Gasteiger partial charge is 0.497 e. The van der Waals surface area contributed by atoms with Gasteiger partial charge in [0.2, 0.25) is 5.91 Å². The maximum Gasteiger partial charge on any atom is 0.335 e. The van der Waals surface area contributed by atoms with Crippen LogP contribution in [0.15, 0.2) is 77.7 Å². The number of hydrogen-bond donors (Lipinski definition) is 1. The highest BCUT2D eigenvalue weighted by Gasteiger charge is 2.18. The molecule has 0 aliphatic carbocycles. The number of hydrogen-bond acceptors (Lipinski definition) is 4. The molecule has 0 radical (unpaired) electrons. The molecule has 2 heterocycles. The fourth-order valence-electron chi connectivity index (χ4n) is 3.46. The topological polar surface area (TPSA) is 78.1 Å². The fraction of sp³-hybridized carbons (Fsp3) is 0.174. The van der Waals surface area contributed by atoms with E-state index in [1.54, 1.807) is 25.4 Å². The molecular formula is C23H22N4O3. The fourth-order valence-corrected chi connectivity index (χ4v) is 3.46. The van der Waals surface area contributed by atoms with Gasteiger partial charge in [0.15, 0.2) is 5.65 Å². The van der Waals surface area contributed by atoms with Gasteiger partial charge in [-0.15, -0.1) is 0 Å². The second kappa shape index (κ2) is 8.24. The van der Waals surface area contributed by atoms with Crippen molar-refractivity contribution in [1.29, 1.82) is 0 Å². The van der Waals surface area contributed by atoms with Gasteiger partial charge in [0.1, 0.15) is 12.3 Å². The van der Waals surface area contributed by atoms with Gasteiger partial charge in [-0.2, -0.15) is 0 Å². The number of rotatable bonds is 6. The number of fused-ring (bicyclic) bond motifs is 1. The summed E-state index contributed by atoms with van der Waals surface area (Å²) in [4.78, 5) is 30.2. The Balaban J connectivity index is 1.61. The Labute approximate surface area is 173 Å². The molecule has 1 amide bonds. The Morgan fingerprint density at radius 1 is 1.07 bits per heavy atom. The van der Waals surface area contributed by atoms with E-state index in [2.05, 4.69) is 10.3 Å². The highest BCUT2D eigenvalue weighted by atomic mass is 16.5. The zero-order valence-corrected chi connectivity index (χ0v) is 16.8. The van der Waals surface area contributed by atoms with Crippen LogP contribution in [-0.2, 0) is 11.3 Å². The molecule has 0 bridgehead atoms. The molecule has 1 atom stereocenters. The highest BCUT2D eigenvalue weighted by Crippen LogP contribution is 2.18. The van der Waals surface area contributed by atoms with Crippen molar-refractivity contribution >= 4 is 17.1 Å². The van der Waals surface area contributed by atoms with Crippen LogP contribution in [0.1, 0.15) is 18.5 Å². The minimum Gasteiger partial charge on any atom is -0.497 e. The number of benzene rings is 2. The molecule has 0 aliphatic heterocycles. The number of carbonyl (C=O) groups is 1. The predicted molar refractivity (Wildman–Crippen MR) is 115 cm³/mol. The van der Waals surface area contributed by atoms with Gasteiger partial charge >= 0.3 is 5.69 Å². The second-order valence-corrected chi connectivity index (χ2v) is 6.95. The van der Waals surface area contributed by atoms with E-state index >= 15 is 0 Å². The number of carbonyl (C=O) groups excluding carboxylic acids is 1. The van der Waals surface area contributed by atoms with Crippen molar-refractivity contribution in [1.82, 2.24) is 19.4 Å². The number of nitrogens with one attached hydrogen (secondary N) is 1. The molecule has 30 heavy (non-hydrogen) atoms. The summed E-state index contributed by atoms with van der Waals surface area (Å²) >= 11 is 0. The number of imidazole rings is 1. The van der Waals surface area contributed by atoms with Crippen molar-refractivity contribution in [3.05, 3.63) is 89.0 Å². The van der Waals surface area contributed by atoms with Crippen molar-refractivity contribution in [2.75, 3.05) is 7.11 Å². The van der Waals surface area contributed by atoms with Gasteiger partial charge in [-0.3, -0.25) is 9.36 Å². The van der Waals surface area contributed by atoms with E-state index in [-0.39, 0.29) is 24.2 Å². The van der Waals surface area contributed by atoms with E-state index in [4.69, 9.17) is 4.74 Å². The first kappa shape index (κ1) is 19.4. The number of amides is 1. The zero-order valence-electron chi connectivity index (χ0n) is 16.8. The number of para-hydroxylation sites is 1. The quantitative estimate of drug-likeness (QED) is 0.538. The summed E-state index contributed by atoms with van der Waals surface area (Å²) in [6, 6.07) is 20.1. The number of nitrogens with zero attached hydrogens (tertiary/aromatic N) is 3. The van der Waals surface area contributed by atoms with E-state index in [0.29, 0.717) is 16.9 Å². The lowest BCUT2D eigenvalue weighted by molar-refractivity contribution is -0.122. The van der Waals surface area contributed by atoms with Crippen molar-refractivity contribution in [2.24, 2.45) is 0 Å². The summed E-state index contributed by atoms with van der Waals surface area (Å²) in [7, 11) is 1.61. The average molecular weight is 402 g/mol. The standard InChI is InChI=1S/C23H22N4O3/c1-16(17-10-12-19(30-2)13-11-17)25-21(28)15-26-20-9-6-14-24-22(20)27(23(26)29)18-7-4-3-5-8-18/h3-14,16H,15H2,1-2H3,(H,25,28)/t16-/m1/s1. The van der Waals surface area contributed by atoms with Crippen molar-refractivity contribution in [3.8, 4) is 11.4 Å². The molecule has 7 nitrogen and oxygen atoms in total. The maximum absolute atomic E-state index is 13.1. The first-order chi connectivity index (χ1) is 14.6. The molecule has 7 heteroatoms. The maximum atomic E-state index is 13.1. The van der Waals surface area contributed by atoms with Gasteiger partial charge in [-0.25, -0.2) is 14.3 Å². The van der Waals surface area contributed by atoms with Gasteiger partial charge in [0.05, 0.1) is 24.4 Å². The molecule has 4 rings (SSSR count). The summed E-state index contributed by atoms with van der Waals surface area (Å²) in [5, 5.41) is 2.95. The normalized spacial score (nSPS) is 11.9. The minimum atomic E-state index is -0.304. The van der Waals surface area contributed by atoms with Crippen LogP contribution in [0.5, 0.6) is 5.75 Å². The first-order valence-electron chi connectivity index (χ1n) is 9.63. The van der Waals surface area contributed by atoms with E-state index in [1.807, 2.05) is 61.5 Å². The Bertz CT molecular complexity index is 1230. The van der Waals surface area contributed by atoms with Crippen LogP contribution < -0.4 is 15.7 Å². The average Bonchev–Trinajstić information content (AvgIpc) is 3.05. The summed E-state index contributed by atoms with van der Waals surface area (Å²) in [6.45, 7) is 1.80. The lowest BCUT2D eigenvalue weighted by atomic mass is 10.1. The molecule has 0 fully saturated rings. The predicted octanol–water partition coefficient (Wildman–Crippen LogP) is 3.07. The number of ether oxygens (including phenoxy) is 1. The van der Waals surface area contributed by atoms with Gasteiger partial charge < -0.3 is 10.1 Å². The SMILES string of the molecule is COc1ccc([C@@H](C)NC(=O)Cn2c(=O)n(-c3ccccc3)c3ncccc32)cc1. The van der Waals surface area contributed by atoms with Gasteiger partial charge in [-0.1, -0.05) is 30.3 Å². The minimum absolute atomic E-state index is 0.0959. The first-order valence-corrected chi connectivity index (χ1v) is 9.63. The van der Waals surface area contributed by atoms with Crippen LogP contribution in [0.4, 0.5) is 0 Å². The summed E-state index contributed by atoms with van der Waals surface area (Å²) in [5.74, 6) is 0.501. The monoisotopic (exact) mass is 402 g/mol. The molecule has 2 aromatic heterocycles. The lowest BCUT2D eigenvalue weighted by Crippen LogP contribution is -2.34. The smallest absolute Gasteiger partial charge is 0.335 e. The number of aromatic nitrogens is 3. The van der Waals surface area contributed by atoms with E-state index in [9.17, 15) is 9.59 Å². The van der Waals surface area contributed by atoms with Crippen LogP contribution in [0, 0.1) is 0 Å². The van der Waals surface area contributed by atoms with Crippen molar-refractivity contribution in [3.63, 3.8) is 0 Å². The Morgan fingerprint density at radius 2 is 1.80 bits per heavy atom. The number of pyridine rings is 1. The molecular weight excluding hydrogens is 380 g/mol. The molecule has 0 unspecified atom stereocenters. The Hall–Kier alpha value is -3.87. The molecule has 0 saturated carbocycles.